The normalized spacial score (nSPS) is 21.0. The predicted octanol–water partition coefficient (Wildman–Crippen LogP) is 3.11. The summed E-state index contributed by atoms with van der Waals surface area (Å²) in [4.78, 5) is 0. The van der Waals surface area contributed by atoms with E-state index in [9.17, 15) is 22.0 Å². The summed E-state index contributed by atoms with van der Waals surface area (Å²) in [6.45, 7) is -1.91. The molecule has 0 spiro atoms. The van der Waals surface area contributed by atoms with Crippen molar-refractivity contribution in [2.24, 2.45) is 11.7 Å². The molecule has 0 aliphatic heterocycles. The Morgan fingerprint density at radius 1 is 1.06 bits per heavy atom. The maximum Gasteiger partial charge on any atom is 0.455 e. The largest absolute Gasteiger partial charge is 0.455 e. The van der Waals surface area contributed by atoms with Crippen LogP contribution in [0, 0.1) is 5.92 Å². The van der Waals surface area contributed by atoms with Gasteiger partial charge < -0.3 is 10.5 Å². The molecule has 0 amide bonds. The number of hydrogen-bond donors (Lipinski definition) is 1. The first-order valence-electron chi connectivity index (χ1n) is 6.02. The molecule has 7 heteroatoms. The van der Waals surface area contributed by atoms with Gasteiger partial charge in [0.1, 0.15) is 6.61 Å². The van der Waals surface area contributed by atoms with E-state index in [0.717, 1.165) is 32.1 Å². The van der Waals surface area contributed by atoms with Gasteiger partial charge in [0.2, 0.25) is 0 Å². The summed E-state index contributed by atoms with van der Waals surface area (Å²) in [7, 11) is 0. The van der Waals surface area contributed by atoms with Gasteiger partial charge in [0.25, 0.3) is 0 Å². The summed E-state index contributed by atoms with van der Waals surface area (Å²) < 4.78 is 65.1. The highest BCUT2D eigenvalue weighted by Gasteiger charge is 2.57. The maximum absolute atomic E-state index is 12.5. The zero-order valence-electron chi connectivity index (χ0n) is 9.98. The average Bonchev–Trinajstić information content (AvgIpc) is 2.28. The molecule has 0 radical (unpaired) electrons. The third kappa shape index (κ3) is 4.35. The van der Waals surface area contributed by atoms with E-state index in [1.54, 1.807) is 0 Å². The van der Waals surface area contributed by atoms with Crippen LogP contribution in [0.15, 0.2) is 0 Å². The van der Waals surface area contributed by atoms with Gasteiger partial charge in [0.05, 0.1) is 6.61 Å². The number of nitrogens with two attached hydrogens (primary N) is 1. The van der Waals surface area contributed by atoms with Crippen LogP contribution in [0.3, 0.4) is 0 Å². The van der Waals surface area contributed by atoms with Gasteiger partial charge in [-0.1, -0.05) is 19.3 Å². The SMILES string of the molecule is NC(COCC(F)(F)C(F)(F)F)C1CCCCC1. The summed E-state index contributed by atoms with van der Waals surface area (Å²) in [6.07, 6.45) is -0.618. The van der Waals surface area contributed by atoms with Crippen molar-refractivity contribution >= 4 is 0 Å². The number of alkyl halides is 5. The Kier molecular flexibility index (Phi) is 5.33. The lowest BCUT2D eigenvalue weighted by Crippen LogP contribution is -2.43. The highest BCUT2D eigenvalue weighted by Crippen LogP contribution is 2.35. The summed E-state index contributed by atoms with van der Waals surface area (Å²) in [6, 6.07) is -0.464. The molecule has 18 heavy (non-hydrogen) atoms. The third-order valence-electron chi connectivity index (χ3n) is 3.26. The van der Waals surface area contributed by atoms with Crippen LogP contribution in [-0.2, 0) is 4.74 Å². The minimum atomic E-state index is -5.57. The molecule has 0 saturated heterocycles. The second-order valence-corrected chi connectivity index (χ2v) is 4.78. The van der Waals surface area contributed by atoms with Gasteiger partial charge in [0, 0.05) is 6.04 Å². The molecule has 108 valence electrons. The lowest BCUT2D eigenvalue weighted by molar-refractivity contribution is -0.297. The van der Waals surface area contributed by atoms with Crippen molar-refractivity contribution in [2.75, 3.05) is 13.2 Å². The van der Waals surface area contributed by atoms with Gasteiger partial charge in [-0.3, -0.25) is 0 Å². The van der Waals surface area contributed by atoms with Gasteiger partial charge >= 0.3 is 12.1 Å². The molecule has 1 aliphatic rings. The van der Waals surface area contributed by atoms with Crippen LogP contribution in [0.2, 0.25) is 0 Å². The van der Waals surface area contributed by atoms with Gasteiger partial charge in [-0.05, 0) is 18.8 Å². The first-order chi connectivity index (χ1) is 8.24. The molecule has 1 atom stereocenters. The number of halogens is 5. The van der Waals surface area contributed by atoms with Crippen molar-refractivity contribution in [1.82, 2.24) is 0 Å². The molecular weight excluding hydrogens is 257 g/mol. The minimum absolute atomic E-state index is 0.165. The summed E-state index contributed by atoms with van der Waals surface area (Å²) in [5.41, 5.74) is 5.74. The Hall–Kier alpha value is -0.430. The van der Waals surface area contributed by atoms with Gasteiger partial charge in [-0.25, -0.2) is 0 Å². The molecule has 1 unspecified atom stereocenters. The van der Waals surface area contributed by atoms with Crippen LogP contribution in [0.1, 0.15) is 32.1 Å². The number of ether oxygens (including phenoxy) is 1. The highest BCUT2D eigenvalue weighted by atomic mass is 19.4. The topological polar surface area (TPSA) is 35.2 Å². The molecular formula is C11H18F5NO. The molecule has 2 nitrogen and oxygen atoms in total. The van der Waals surface area contributed by atoms with Gasteiger partial charge in [0.15, 0.2) is 0 Å². The zero-order valence-corrected chi connectivity index (χ0v) is 9.98. The average molecular weight is 275 g/mol. The molecule has 0 aromatic heterocycles. The monoisotopic (exact) mass is 275 g/mol. The fourth-order valence-electron chi connectivity index (χ4n) is 2.10. The van der Waals surface area contributed by atoms with Crippen molar-refractivity contribution in [3.63, 3.8) is 0 Å². The van der Waals surface area contributed by atoms with Crippen LogP contribution in [-0.4, -0.2) is 31.4 Å². The Bertz CT molecular complexity index is 250. The van der Waals surface area contributed by atoms with E-state index in [4.69, 9.17) is 5.73 Å². The van der Waals surface area contributed by atoms with Crippen LogP contribution < -0.4 is 5.73 Å². The Balaban J connectivity index is 2.28. The van der Waals surface area contributed by atoms with Crippen molar-refractivity contribution in [2.45, 2.75) is 50.2 Å². The molecule has 0 bridgehead atoms. The fraction of sp³-hybridized carbons (Fsp3) is 1.00. The molecule has 1 fully saturated rings. The van der Waals surface area contributed by atoms with E-state index in [0.29, 0.717) is 0 Å². The first-order valence-corrected chi connectivity index (χ1v) is 6.02. The van der Waals surface area contributed by atoms with E-state index in [1.165, 1.54) is 0 Å². The molecule has 1 saturated carbocycles. The first kappa shape index (κ1) is 15.6. The van der Waals surface area contributed by atoms with E-state index < -0.39 is 24.7 Å². The van der Waals surface area contributed by atoms with E-state index in [2.05, 4.69) is 4.74 Å². The Morgan fingerprint density at radius 3 is 2.11 bits per heavy atom. The second kappa shape index (κ2) is 6.14. The predicted molar refractivity (Wildman–Crippen MR) is 56.4 cm³/mol. The molecule has 0 aromatic rings. The van der Waals surface area contributed by atoms with Crippen molar-refractivity contribution in [3.8, 4) is 0 Å². The lowest BCUT2D eigenvalue weighted by atomic mass is 9.84. The summed E-state index contributed by atoms with van der Waals surface area (Å²) in [5.74, 6) is -4.64. The van der Waals surface area contributed by atoms with Crippen LogP contribution >= 0.6 is 0 Å². The quantitative estimate of drug-likeness (QED) is 0.782. The molecule has 2 N–H and O–H groups in total. The smallest absolute Gasteiger partial charge is 0.373 e. The van der Waals surface area contributed by atoms with Crippen molar-refractivity contribution < 1.29 is 26.7 Å². The zero-order chi connectivity index (χ0) is 13.8. The molecule has 0 aromatic carbocycles. The van der Waals surface area contributed by atoms with E-state index >= 15 is 0 Å². The van der Waals surface area contributed by atoms with Crippen molar-refractivity contribution in [3.05, 3.63) is 0 Å². The standard InChI is InChI=1S/C11H18F5NO/c12-10(13,11(14,15)16)7-18-6-9(17)8-4-2-1-3-5-8/h8-9H,1-7,17H2. The molecule has 1 aliphatic carbocycles. The van der Waals surface area contributed by atoms with Gasteiger partial charge in [-0.15, -0.1) is 0 Å². The lowest BCUT2D eigenvalue weighted by Gasteiger charge is -2.28. The molecule has 0 heterocycles. The van der Waals surface area contributed by atoms with Crippen LogP contribution in [0.4, 0.5) is 22.0 Å². The van der Waals surface area contributed by atoms with Crippen LogP contribution in [0.5, 0.6) is 0 Å². The van der Waals surface area contributed by atoms with E-state index in [1.807, 2.05) is 0 Å². The summed E-state index contributed by atoms with van der Waals surface area (Å²) in [5, 5.41) is 0. The second-order valence-electron chi connectivity index (χ2n) is 4.78. The number of rotatable bonds is 5. The minimum Gasteiger partial charge on any atom is -0.373 e. The Labute approximate surface area is 103 Å². The highest BCUT2D eigenvalue weighted by molar-refractivity contribution is 4.78. The van der Waals surface area contributed by atoms with Gasteiger partial charge in [-0.2, -0.15) is 22.0 Å². The summed E-state index contributed by atoms with van der Waals surface area (Å²) >= 11 is 0. The number of hydrogen-bond acceptors (Lipinski definition) is 2. The molecule has 1 rings (SSSR count). The third-order valence-corrected chi connectivity index (χ3v) is 3.26. The maximum atomic E-state index is 12.5. The van der Waals surface area contributed by atoms with E-state index in [-0.39, 0.29) is 12.5 Å². The fourth-order valence-corrected chi connectivity index (χ4v) is 2.10. The van der Waals surface area contributed by atoms with Crippen molar-refractivity contribution in [1.29, 1.82) is 0 Å². The Morgan fingerprint density at radius 2 is 1.61 bits per heavy atom. The van der Waals surface area contributed by atoms with Crippen LogP contribution in [0.25, 0.3) is 0 Å².